The van der Waals surface area contributed by atoms with Crippen LogP contribution in [0.15, 0.2) is 72.8 Å². The number of carbonyl (C=O) groups excluding carboxylic acids is 1. The molecule has 0 saturated carbocycles. The second kappa shape index (κ2) is 9.05. The Balaban J connectivity index is 1.77. The highest BCUT2D eigenvalue weighted by Crippen LogP contribution is 2.25. The van der Waals surface area contributed by atoms with Gasteiger partial charge in [0.05, 0.1) is 7.11 Å². The third-order valence-electron chi connectivity index (χ3n) is 4.73. The van der Waals surface area contributed by atoms with Crippen molar-refractivity contribution in [2.45, 2.75) is 20.5 Å². The van der Waals surface area contributed by atoms with Crippen molar-refractivity contribution in [2.75, 3.05) is 7.11 Å². The maximum Gasteiger partial charge on any atom is 0.185 e. The van der Waals surface area contributed by atoms with Gasteiger partial charge < -0.3 is 9.47 Å². The van der Waals surface area contributed by atoms with Crippen LogP contribution in [0.5, 0.6) is 11.5 Å². The number of ketones is 1. The summed E-state index contributed by atoms with van der Waals surface area (Å²) >= 11 is 0. The van der Waals surface area contributed by atoms with E-state index >= 15 is 0 Å². The highest BCUT2D eigenvalue weighted by molar-refractivity contribution is 6.06. The maximum atomic E-state index is 12.3. The molecule has 0 aliphatic rings. The molecule has 0 aliphatic heterocycles. The predicted molar refractivity (Wildman–Crippen MR) is 113 cm³/mol. The standard InChI is InChI=1S/C25H24O3/c1-18-8-7-11-24(19(18)2)28-17-22-16-20(13-15-25(22)27-3)12-14-23(26)21-9-5-4-6-10-21/h4-16H,17H2,1-3H3/b14-12+. The van der Waals surface area contributed by atoms with E-state index in [4.69, 9.17) is 9.47 Å². The van der Waals surface area contributed by atoms with Crippen molar-refractivity contribution in [2.24, 2.45) is 0 Å². The zero-order chi connectivity index (χ0) is 19.9. The van der Waals surface area contributed by atoms with Gasteiger partial charge in [-0.15, -0.1) is 0 Å². The fraction of sp³-hybridized carbons (Fsp3) is 0.160. The Labute approximate surface area is 166 Å². The third-order valence-corrected chi connectivity index (χ3v) is 4.73. The van der Waals surface area contributed by atoms with Crippen LogP contribution >= 0.6 is 0 Å². The molecule has 3 rings (SSSR count). The second-order valence-electron chi connectivity index (χ2n) is 6.62. The zero-order valence-electron chi connectivity index (χ0n) is 16.4. The van der Waals surface area contributed by atoms with E-state index in [9.17, 15) is 4.79 Å². The number of carbonyl (C=O) groups is 1. The lowest BCUT2D eigenvalue weighted by Gasteiger charge is -2.13. The van der Waals surface area contributed by atoms with Crippen LogP contribution in [-0.2, 0) is 6.61 Å². The number of methoxy groups -OCH3 is 1. The van der Waals surface area contributed by atoms with Gasteiger partial charge >= 0.3 is 0 Å². The molecule has 28 heavy (non-hydrogen) atoms. The van der Waals surface area contributed by atoms with Gasteiger partial charge in [0.15, 0.2) is 5.78 Å². The smallest absolute Gasteiger partial charge is 0.185 e. The summed E-state index contributed by atoms with van der Waals surface area (Å²) in [7, 11) is 1.64. The molecule has 3 nitrogen and oxygen atoms in total. The maximum absolute atomic E-state index is 12.3. The van der Waals surface area contributed by atoms with Crippen molar-refractivity contribution in [1.29, 1.82) is 0 Å². The van der Waals surface area contributed by atoms with Gasteiger partial charge in [-0.1, -0.05) is 54.6 Å². The predicted octanol–water partition coefficient (Wildman–Crippen LogP) is 5.79. The van der Waals surface area contributed by atoms with E-state index in [0.717, 1.165) is 28.2 Å². The Morgan fingerprint density at radius 3 is 2.46 bits per heavy atom. The van der Waals surface area contributed by atoms with Crippen molar-refractivity contribution < 1.29 is 14.3 Å². The summed E-state index contributed by atoms with van der Waals surface area (Å²) < 4.78 is 11.5. The summed E-state index contributed by atoms with van der Waals surface area (Å²) in [4.78, 5) is 12.3. The molecule has 0 aromatic heterocycles. The lowest BCUT2D eigenvalue weighted by molar-refractivity contribution is 0.104. The highest BCUT2D eigenvalue weighted by Gasteiger charge is 2.08. The topological polar surface area (TPSA) is 35.5 Å². The summed E-state index contributed by atoms with van der Waals surface area (Å²) in [5.41, 5.74) is 4.85. The van der Waals surface area contributed by atoms with E-state index in [1.165, 1.54) is 5.56 Å². The molecule has 0 amide bonds. The third kappa shape index (κ3) is 4.68. The SMILES string of the molecule is COc1ccc(/C=C/C(=O)c2ccccc2)cc1COc1cccc(C)c1C. The van der Waals surface area contributed by atoms with Crippen LogP contribution in [-0.4, -0.2) is 12.9 Å². The van der Waals surface area contributed by atoms with Crippen LogP contribution in [0.1, 0.15) is 32.6 Å². The number of hydrogen-bond acceptors (Lipinski definition) is 3. The monoisotopic (exact) mass is 372 g/mol. The fourth-order valence-electron chi connectivity index (χ4n) is 2.92. The minimum Gasteiger partial charge on any atom is -0.496 e. The van der Waals surface area contributed by atoms with E-state index in [2.05, 4.69) is 19.9 Å². The number of rotatable bonds is 7. The first-order valence-electron chi connectivity index (χ1n) is 9.22. The first-order chi connectivity index (χ1) is 13.6. The summed E-state index contributed by atoms with van der Waals surface area (Å²) in [5, 5.41) is 0. The van der Waals surface area contributed by atoms with Gasteiger partial charge in [-0.2, -0.15) is 0 Å². The molecule has 0 aliphatic carbocycles. The number of hydrogen-bond donors (Lipinski definition) is 0. The number of aryl methyl sites for hydroxylation is 1. The van der Waals surface area contributed by atoms with Crippen LogP contribution < -0.4 is 9.47 Å². The molecule has 0 atom stereocenters. The van der Waals surface area contributed by atoms with Crippen molar-refractivity contribution in [1.82, 2.24) is 0 Å². The van der Waals surface area contributed by atoms with Gasteiger partial charge in [-0.3, -0.25) is 4.79 Å². The minimum absolute atomic E-state index is 0.0235. The number of allylic oxidation sites excluding steroid dienone is 1. The quantitative estimate of drug-likeness (QED) is 0.389. The van der Waals surface area contributed by atoms with Crippen LogP contribution in [0.4, 0.5) is 0 Å². The Morgan fingerprint density at radius 2 is 1.71 bits per heavy atom. The Kier molecular flexibility index (Phi) is 6.28. The van der Waals surface area contributed by atoms with Gasteiger partial charge in [0.2, 0.25) is 0 Å². The molecular formula is C25H24O3. The van der Waals surface area contributed by atoms with Crippen LogP contribution in [0.25, 0.3) is 6.08 Å². The Bertz CT molecular complexity index is 988. The molecule has 0 saturated heterocycles. The van der Waals surface area contributed by atoms with Gasteiger partial charge in [0.1, 0.15) is 18.1 Å². The molecule has 0 spiro atoms. The van der Waals surface area contributed by atoms with Crippen molar-refractivity contribution in [3.63, 3.8) is 0 Å². The van der Waals surface area contributed by atoms with Crippen LogP contribution in [0.2, 0.25) is 0 Å². The number of ether oxygens (including phenoxy) is 2. The first kappa shape index (κ1) is 19.4. The van der Waals surface area contributed by atoms with Crippen LogP contribution in [0.3, 0.4) is 0 Å². The van der Waals surface area contributed by atoms with Gasteiger partial charge in [-0.25, -0.2) is 0 Å². The Hall–Kier alpha value is -3.33. The number of benzene rings is 3. The van der Waals surface area contributed by atoms with E-state index in [0.29, 0.717) is 12.2 Å². The molecular weight excluding hydrogens is 348 g/mol. The van der Waals surface area contributed by atoms with Gasteiger partial charge in [-0.05, 0) is 54.8 Å². The van der Waals surface area contributed by atoms with E-state index in [1.54, 1.807) is 13.2 Å². The summed E-state index contributed by atoms with van der Waals surface area (Å²) in [6.45, 7) is 4.51. The molecule has 0 radical (unpaired) electrons. The first-order valence-corrected chi connectivity index (χ1v) is 9.22. The van der Waals surface area contributed by atoms with E-state index < -0.39 is 0 Å². The largest absolute Gasteiger partial charge is 0.496 e. The average Bonchev–Trinajstić information content (AvgIpc) is 2.73. The molecule has 3 aromatic rings. The summed E-state index contributed by atoms with van der Waals surface area (Å²) in [5.74, 6) is 1.60. The molecule has 3 aromatic carbocycles. The summed E-state index contributed by atoms with van der Waals surface area (Å²) in [6.07, 6.45) is 3.41. The minimum atomic E-state index is -0.0235. The molecule has 0 bridgehead atoms. The van der Waals surface area contributed by atoms with Gasteiger partial charge in [0, 0.05) is 11.1 Å². The van der Waals surface area contributed by atoms with Gasteiger partial charge in [0.25, 0.3) is 0 Å². The van der Waals surface area contributed by atoms with Crippen molar-refractivity contribution in [3.8, 4) is 11.5 Å². The molecule has 0 unspecified atom stereocenters. The molecule has 142 valence electrons. The molecule has 0 heterocycles. The normalized spacial score (nSPS) is 10.8. The fourth-order valence-corrected chi connectivity index (χ4v) is 2.92. The zero-order valence-corrected chi connectivity index (χ0v) is 16.4. The lowest BCUT2D eigenvalue weighted by atomic mass is 10.1. The molecule has 0 N–H and O–H groups in total. The van der Waals surface area contributed by atoms with Crippen molar-refractivity contribution in [3.05, 3.63) is 101 Å². The van der Waals surface area contributed by atoms with Crippen molar-refractivity contribution >= 4 is 11.9 Å². The lowest BCUT2D eigenvalue weighted by Crippen LogP contribution is -2.01. The Morgan fingerprint density at radius 1 is 0.929 bits per heavy atom. The van der Waals surface area contributed by atoms with E-state index in [1.807, 2.05) is 66.7 Å². The highest BCUT2D eigenvalue weighted by atomic mass is 16.5. The van der Waals surface area contributed by atoms with E-state index in [-0.39, 0.29) is 5.78 Å². The summed E-state index contributed by atoms with van der Waals surface area (Å²) in [6, 6.07) is 21.1. The molecule has 0 fully saturated rings. The second-order valence-corrected chi connectivity index (χ2v) is 6.62. The van der Waals surface area contributed by atoms with Crippen LogP contribution in [0, 0.1) is 13.8 Å². The molecule has 3 heteroatoms. The average molecular weight is 372 g/mol.